The molecular formula is C19H29BrN4O. The maximum atomic E-state index is 9.98. The molecule has 1 aliphatic carbocycles. The predicted molar refractivity (Wildman–Crippen MR) is 107 cm³/mol. The number of anilines is 1. The Kier molecular flexibility index (Phi) is 6.59. The van der Waals surface area contributed by atoms with E-state index in [0.29, 0.717) is 18.5 Å². The number of aliphatic hydroxyl groups excluding tert-OH is 1. The van der Waals surface area contributed by atoms with Crippen molar-refractivity contribution in [2.24, 2.45) is 10.9 Å². The molecule has 3 rings (SSSR count). The fourth-order valence-corrected chi connectivity index (χ4v) is 4.29. The van der Waals surface area contributed by atoms with Crippen molar-refractivity contribution in [2.75, 3.05) is 31.1 Å². The van der Waals surface area contributed by atoms with E-state index in [1.165, 1.54) is 5.69 Å². The molecule has 2 fully saturated rings. The number of benzene rings is 1. The molecule has 3 atom stereocenters. The van der Waals surface area contributed by atoms with Crippen molar-refractivity contribution >= 4 is 27.6 Å². The van der Waals surface area contributed by atoms with Gasteiger partial charge in [-0.3, -0.25) is 4.99 Å². The zero-order chi connectivity index (χ0) is 17.6. The van der Waals surface area contributed by atoms with E-state index in [4.69, 9.17) is 4.99 Å². The van der Waals surface area contributed by atoms with Gasteiger partial charge in [0.05, 0.1) is 11.8 Å². The van der Waals surface area contributed by atoms with Crippen LogP contribution in [0.5, 0.6) is 0 Å². The summed E-state index contributed by atoms with van der Waals surface area (Å²) < 4.78 is 1.14. The third kappa shape index (κ3) is 4.88. The Balaban J connectivity index is 1.56. The Morgan fingerprint density at radius 2 is 2.16 bits per heavy atom. The maximum absolute atomic E-state index is 9.98. The third-order valence-electron chi connectivity index (χ3n) is 5.17. The van der Waals surface area contributed by atoms with E-state index in [2.05, 4.69) is 56.6 Å². The van der Waals surface area contributed by atoms with Gasteiger partial charge in [0.2, 0.25) is 0 Å². The molecule has 0 spiro atoms. The molecule has 3 N–H and O–H groups in total. The number of hydrogen-bond donors (Lipinski definition) is 3. The Hall–Kier alpha value is -1.27. The Morgan fingerprint density at radius 1 is 1.32 bits per heavy atom. The molecule has 1 aliphatic heterocycles. The number of nitrogens with zero attached hydrogens (tertiary/aromatic N) is 2. The van der Waals surface area contributed by atoms with Crippen molar-refractivity contribution in [3.05, 3.63) is 28.7 Å². The molecule has 1 saturated carbocycles. The standard InChI is InChI=1S/C19H29BrN4O/c1-2-21-19(22-12-14-6-5-9-18(14)25)23-15-10-11-24(13-15)17-8-4-3-7-16(17)20/h3-4,7-8,14-15,18,25H,2,5-6,9-13H2,1H3,(H2,21,22,23). The first-order chi connectivity index (χ1) is 12.2. The van der Waals surface area contributed by atoms with Gasteiger partial charge in [-0.2, -0.15) is 0 Å². The number of aliphatic hydroxyl groups is 1. The number of nitrogens with one attached hydrogen (secondary N) is 2. The molecule has 2 aliphatic rings. The lowest BCUT2D eigenvalue weighted by molar-refractivity contribution is 0.136. The highest BCUT2D eigenvalue weighted by Gasteiger charge is 2.26. The second kappa shape index (κ2) is 8.90. The second-order valence-electron chi connectivity index (χ2n) is 7.01. The van der Waals surface area contributed by atoms with Gasteiger partial charge in [-0.25, -0.2) is 0 Å². The van der Waals surface area contributed by atoms with E-state index in [9.17, 15) is 5.11 Å². The summed E-state index contributed by atoms with van der Waals surface area (Å²) in [5.41, 5.74) is 1.25. The van der Waals surface area contributed by atoms with Gasteiger partial charge in [0.1, 0.15) is 0 Å². The van der Waals surface area contributed by atoms with Crippen molar-refractivity contribution in [3.8, 4) is 0 Å². The van der Waals surface area contributed by atoms with Crippen LogP contribution in [0.4, 0.5) is 5.69 Å². The summed E-state index contributed by atoms with van der Waals surface area (Å²) in [6.07, 6.45) is 4.05. The van der Waals surface area contributed by atoms with Crippen molar-refractivity contribution in [2.45, 2.75) is 44.8 Å². The molecule has 0 bridgehead atoms. The van der Waals surface area contributed by atoms with Gasteiger partial charge in [0.25, 0.3) is 0 Å². The van der Waals surface area contributed by atoms with Crippen LogP contribution in [0.25, 0.3) is 0 Å². The van der Waals surface area contributed by atoms with Gasteiger partial charge >= 0.3 is 0 Å². The van der Waals surface area contributed by atoms with Crippen LogP contribution in [-0.4, -0.2) is 49.4 Å². The lowest BCUT2D eigenvalue weighted by Gasteiger charge is -2.21. The highest BCUT2D eigenvalue weighted by atomic mass is 79.9. The summed E-state index contributed by atoms with van der Waals surface area (Å²) in [4.78, 5) is 7.14. The van der Waals surface area contributed by atoms with Crippen LogP contribution in [0.2, 0.25) is 0 Å². The fourth-order valence-electron chi connectivity index (χ4n) is 3.76. The minimum atomic E-state index is -0.177. The van der Waals surface area contributed by atoms with E-state index in [1.54, 1.807) is 0 Å². The summed E-state index contributed by atoms with van der Waals surface area (Å²) in [5.74, 6) is 1.19. The van der Waals surface area contributed by atoms with Crippen molar-refractivity contribution in [3.63, 3.8) is 0 Å². The number of para-hydroxylation sites is 1. The predicted octanol–water partition coefficient (Wildman–Crippen LogP) is 2.74. The Morgan fingerprint density at radius 3 is 2.88 bits per heavy atom. The van der Waals surface area contributed by atoms with Crippen LogP contribution < -0.4 is 15.5 Å². The molecule has 1 saturated heterocycles. The van der Waals surface area contributed by atoms with Crippen molar-refractivity contribution in [1.29, 1.82) is 0 Å². The molecule has 3 unspecified atom stereocenters. The van der Waals surface area contributed by atoms with E-state index in [1.807, 2.05) is 6.07 Å². The average molecular weight is 409 g/mol. The lowest BCUT2D eigenvalue weighted by Crippen LogP contribution is -2.45. The summed E-state index contributed by atoms with van der Waals surface area (Å²) in [7, 11) is 0. The number of hydrogen-bond acceptors (Lipinski definition) is 3. The molecule has 25 heavy (non-hydrogen) atoms. The van der Waals surface area contributed by atoms with Gasteiger partial charge in [0, 0.05) is 42.6 Å². The molecule has 6 heteroatoms. The van der Waals surface area contributed by atoms with Gasteiger partial charge in [-0.15, -0.1) is 0 Å². The summed E-state index contributed by atoms with van der Waals surface area (Å²) in [6.45, 7) is 5.65. The van der Waals surface area contributed by atoms with Gasteiger partial charge in [0.15, 0.2) is 5.96 Å². The van der Waals surface area contributed by atoms with E-state index in [-0.39, 0.29) is 6.10 Å². The SMILES string of the molecule is CCNC(=NCC1CCCC1O)NC1CCN(c2ccccc2Br)C1. The third-order valence-corrected chi connectivity index (χ3v) is 5.84. The normalized spacial score (nSPS) is 26.9. The Labute approximate surface area is 159 Å². The molecule has 138 valence electrons. The van der Waals surface area contributed by atoms with Crippen LogP contribution in [0.15, 0.2) is 33.7 Å². The van der Waals surface area contributed by atoms with Crippen LogP contribution in [0.3, 0.4) is 0 Å². The van der Waals surface area contributed by atoms with Crippen LogP contribution in [-0.2, 0) is 0 Å². The number of aliphatic imine (C=N–C) groups is 1. The highest BCUT2D eigenvalue weighted by molar-refractivity contribution is 9.10. The molecule has 0 aromatic heterocycles. The van der Waals surface area contributed by atoms with Crippen molar-refractivity contribution < 1.29 is 5.11 Å². The van der Waals surface area contributed by atoms with E-state index < -0.39 is 0 Å². The van der Waals surface area contributed by atoms with E-state index >= 15 is 0 Å². The molecule has 0 amide bonds. The van der Waals surface area contributed by atoms with Gasteiger partial charge in [-0.05, 0) is 54.2 Å². The first-order valence-electron chi connectivity index (χ1n) is 9.39. The summed E-state index contributed by atoms with van der Waals surface area (Å²) >= 11 is 3.65. The summed E-state index contributed by atoms with van der Waals surface area (Å²) in [6, 6.07) is 8.77. The number of guanidine groups is 1. The largest absolute Gasteiger partial charge is 0.393 e. The quantitative estimate of drug-likeness (QED) is 0.517. The zero-order valence-corrected chi connectivity index (χ0v) is 16.5. The second-order valence-corrected chi connectivity index (χ2v) is 7.86. The van der Waals surface area contributed by atoms with Gasteiger partial charge in [-0.1, -0.05) is 18.6 Å². The molecule has 5 nitrogen and oxygen atoms in total. The monoisotopic (exact) mass is 408 g/mol. The molecule has 1 heterocycles. The van der Waals surface area contributed by atoms with Crippen LogP contribution >= 0.6 is 15.9 Å². The number of rotatable bonds is 5. The maximum Gasteiger partial charge on any atom is 0.191 e. The number of halogens is 1. The first-order valence-corrected chi connectivity index (χ1v) is 10.2. The zero-order valence-electron chi connectivity index (χ0n) is 14.9. The summed E-state index contributed by atoms with van der Waals surface area (Å²) in [5, 5.41) is 16.9. The molecule has 1 aromatic carbocycles. The van der Waals surface area contributed by atoms with Crippen molar-refractivity contribution in [1.82, 2.24) is 10.6 Å². The fraction of sp³-hybridized carbons (Fsp3) is 0.632. The smallest absolute Gasteiger partial charge is 0.191 e. The van der Waals surface area contributed by atoms with E-state index in [0.717, 1.165) is 55.7 Å². The Bertz CT molecular complexity index is 595. The first kappa shape index (κ1) is 18.5. The lowest BCUT2D eigenvalue weighted by atomic mass is 10.1. The average Bonchev–Trinajstić information content (AvgIpc) is 3.22. The minimum Gasteiger partial charge on any atom is -0.393 e. The minimum absolute atomic E-state index is 0.177. The molecule has 1 aromatic rings. The topological polar surface area (TPSA) is 59.9 Å². The van der Waals surface area contributed by atoms with Crippen LogP contribution in [0, 0.1) is 5.92 Å². The molecular weight excluding hydrogens is 380 g/mol. The highest BCUT2D eigenvalue weighted by Crippen LogP contribution is 2.28. The van der Waals surface area contributed by atoms with Gasteiger partial charge < -0.3 is 20.6 Å². The molecule has 0 radical (unpaired) electrons. The van der Waals surface area contributed by atoms with Crippen LogP contribution in [0.1, 0.15) is 32.6 Å².